The number of methoxy groups -OCH3 is 1. The van der Waals surface area contributed by atoms with E-state index in [1.54, 1.807) is 44.4 Å². The van der Waals surface area contributed by atoms with Crippen molar-refractivity contribution in [3.63, 3.8) is 0 Å². The van der Waals surface area contributed by atoms with E-state index in [-0.39, 0.29) is 31.0 Å². The third-order valence-electron chi connectivity index (χ3n) is 5.98. The lowest BCUT2D eigenvalue weighted by atomic mass is 10.1. The number of anilines is 1. The van der Waals surface area contributed by atoms with Gasteiger partial charge in [0.2, 0.25) is 28.6 Å². The van der Waals surface area contributed by atoms with Crippen molar-refractivity contribution in [3.8, 4) is 17.2 Å². The molecule has 10 nitrogen and oxygen atoms in total. The van der Waals surface area contributed by atoms with Gasteiger partial charge in [0.25, 0.3) is 0 Å². The van der Waals surface area contributed by atoms with E-state index < -0.39 is 28.5 Å². The quantitative estimate of drug-likeness (QED) is 0.485. The molecule has 2 atom stereocenters. The Morgan fingerprint density at radius 1 is 1.11 bits per heavy atom. The van der Waals surface area contributed by atoms with Gasteiger partial charge in [-0.25, -0.2) is 8.42 Å². The zero-order chi connectivity index (χ0) is 26.5. The Labute approximate surface area is 212 Å². The molecule has 1 heterocycles. The number of carbonyl (C=O) groups is 2. The predicted octanol–water partition coefficient (Wildman–Crippen LogP) is 2.52. The maximum absolute atomic E-state index is 13.6. The van der Waals surface area contributed by atoms with Crippen LogP contribution in [0.4, 0.5) is 5.69 Å². The number of fused-ring (bicyclic) bond motifs is 1. The highest BCUT2D eigenvalue weighted by Gasteiger charge is 2.31. The van der Waals surface area contributed by atoms with Crippen LogP contribution in [-0.4, -0.2) is 63.9 Å². The number of amides is 2. The minimum Gasteiger partial charge on any atom is -0.497 e. The topological polar surface area (TPSA) is 114 Å². The SMILES string of the molecule is CC[C@H](C)NC(=O)[C@@H](C)N(Cc1cccc(OC)c1)C(=O)CN(c1ccc2c(c1)OCO2)S(C)(=O)=O. The van der Waals surface area contributed by atoms with E-state index in [2.05, 4.69) is 5.32 Å². The molecule has 0 fully saturated rings. The zero-order valence-electron chi connectivity index (χ0n) is 21.2. The number of ether oxygens (including phenoxy) is 3. The summed E-state index contributed by atoms with van der Waals surface area (Å²) >= 11 is 0. The van der Waals surface area contributed by atoms with Gasteiger partial charge < -0.3 is 24.4 Å². The van der Waals surface area contributed by atoms with Gasteiger partial charge in [-0.1, -0.05) is 19.1 Å². The molecule has 2 aromatic rings. The van der Waals surface area contributed by atoms with Crippen LogP contribution in [0.3, 0.4) is 0 Å². The highest BCUT2D eigenvalue weighted by Crippen LogP contribution is 2.36. The summed E-state index contributed by atoms with van der Waals surface area (Å²) in [6.07, 6.45) is 1.75. The first-order valence-corrected chi connectivity index (χ1v) is 13.5. The summed E-state index contributed by atoms with van der Waals surface area (Å²) in [5, 5.41) is 2.90. The fourth-order valence-corrected chi connectivity index (χ4v) is 4.51. The molecule has 1 aliphatic rings. The summed E-state index contributed by atoms with van der Waals surface area (Å²) < 4.78 is 42.4. The van der Waals surface area contributed by atoms with Crippen molar-refractivity contribution in [2.45, 2.75) is 45.8 Å². The summed E-state index contributed by atoms with van der Waals surface area (Å²) in [4.78, 5) is 28.0. The number of hydrogen-bond acceptors (Lipinski definition) is 7. The minimum atomic E-state index is -3.85. The minimum absolute atomic E-state index is 0.0354. The predicted molar refractivity (Wildman–Crippen MR) is 136 cm³/mol. The van der Waals surface area contributed by atoms with Crippen LogP contribution in [0.15, 0.2) is 42.5 Å². The lowest BCUT2D eigenvalue weighted by molar-refractivity contribution is -0.139. The van der Waals surface area contributed by atoms with Crippen LogP contribution in [0.2, 0.25) is 0 Å². The van der Waals surface area contributed by atoms with Crippen LogP contribution in [0.25, 0.3) is 0 Å². The molecular weight excluding hydrogens is 486 g/mol. The lowest BCUT2D eigenvalue weighted by Gasteiger charge is -2.32. The van der Waals surface area contributed by atoms with Gasteiger partial charge >= 0.3 is 0 Å². The highest BCUT2D eigenvalue weighted by molar-refractivity contribution is 7.92. The molecule has 196 valence electrons. The fraction of sp³-hybridized carbons (Fsp3) is 0.440. The van der Waals surface area contributed by atoms with E-state index in [1.165, 1.54) is 11.0 Å². The van der Waals surface area contributed by atoms with Crippen molar-refractivity contribution in [1.82, 2.24) is 10.2 Å². The monoisotopic (exact) mass is 519 g/mol. The van der Waals surface area contributed by atoms with Crippen LogP contribution in [0.5, 0.6) is 17.2 Å². The van der Waals surface area contributed by atoms with Crippen molar-refractivity contribution in [2.24, 2.45) is 0 Å². The van der Waals surface area contributed by atoms with Gasteiger partial charge in [-0.05, 0) is 50.1 Å². The number of nitrogens with one attached hydrogen (secondary N) is 1. The van der Waals surface area contributed by atoms with Crippen molar-refractivity contribution >= 4 is 27.5 Å². The summed E-state index contributed by atoms with van der Waals surface area (Å²) in [5.41, 5.74) is 0.994. The van der Waals surface area contributed by atoms with Crippen LogP contribution in [0.1, 0.15) is 32.8 Å². The van der Waals surface area contributed by atoms with Crippen molar-refractivity contribution in [3.05, 3.63) is 48.0 Å². The van der Waals surface area contributed by atoms with Crippen molar-refractivity contribution < 1.29 is 32.2 Å². The number of benzene rings is 2. The maximum atomic E-state index is 13.6. The molecule has 0 aliphatic carbocycles. The summed E-state index contributed by atoms with van der Waals surface area (Å²) in [5.74, 6) is 0.633. The van der Waals surface area contributed by atoms with E-state index in [9.17, 15) is 18.0 Å². The second kappa shape index (κ2) is 11.5. The van der Waals surface area contributed by atoms with Crippen LogP contribution in [-0.2, 0) is 26.2 Å². The first-order chi connectivity index (χ1) is 17.0. The summed E-state index contributed by atoms with van der Waals surface area (Å²) in [7, 11) is -2.31. The molecule has 0 saturated carbocycles. The summed E-state index contributed by atoms with van der Waals surface area (Å²) in [6.45, 7) is 5.08. The van der Waals surface area contributed by atoms with Crippen LogP contribution >= 0.6 is 0 Å². The molecule has 1 aliphatic heterocycles. The van der Waals surface area contributed by atoms with Gasteiger partial charge in [0.05, 0.1) is 19.1 Å². The maximum Gasteiger partial charge on any atom is 0.244 e. The average molecular weight is 520 g/mol. The first-order valence-electron chi connectivity index (χ1n) is 11.6. The number of hydrogen-bond donors (Lipinski definition) is 1. The van der Waals surface area contributed by atoms with E-state index in [0.29, 0.717) is 17.2 Å². The van der Waals surface area contributed by atoms with Crippen molar-refractivity contribution in [2.75, 3.05) is 31.0 Å². The number of carbonyl (C=O) groups excluding carboxylic acids is 2. The van der Waals surface area contributed by atoms with Gasteiger partial charge in [0.1, 0.15) is 18.3 Å². The van der Waals surface area contributed by atoms with Gasteiger partial charge in [-0.15, -0.1) is 0 Å². The summed E-state index contributed by atoms with van der Waals surface area (Å²) in [6, 6.07) is 10.9. The molecule has 0 bridgehead atoms. The number of rotatable bonds is 11. The molecule has 0 spiro atoms. The van der Waals surface area contributed by atoms with Crippen LogP contribution < -0.4 is 23.8 Å². The van der Waals surface area contributed by atoms with Gasteiger partial charge in [-0.2, -0.15) is 0 Å². The third kappa shape index (κ3) is 6.60. The molecule has 0 aromatic heterocycles. The van der Waals surface area contributed by atoms with Gasteiger partial charge in [0.15, 0.2) is 11.5 Å². The first kappa shape index (κ1) is 27.1. The largest absolute Gasteiger partial charge is 0.497 e. The Hall–Kier alpha value is -3.47. The Bertz CT molecular complexity index is 1200. The normalized spacial score (nSPS) is 14.0. The lowest BCUT2D eigenvalue weighted by Crippen LogP contribution is -2.52. The molecule has 1 N–H and O–H groups in total. The standard InChI is InChI=1S/C25H33N3O7S/c1-6-17(2)26-25(30)18(3)27(14-19-8-7-9-21(12-19)33-4)24(29)15-28(36(5,31)32)20-10-11-22-23(13-20)35-16-34-22/h7-13,17-18H,6,14-16H2,1-5H3,(H,26,30)/t17-,18+/m0/s1. The molecule has 11 heteroatoms. The average Bonchev–Trinajstić information content (AvgIpc) is 3.32. The second-order valence-corrected chi connectivity index (χ2v) is 10.6. The molecule has 0 saturated heterocycles. The molecule has 36 heavy (non-hydrogen) atoms. The van der Waals surface area contributed by atoms with E-state index in [0.717, 1.165) is 22.5 Å². The van der Waals surface area contributed by atoms with E-state index >= 15 is 0 Å². The Morgan fingerprint density at radius 2 is 1.83 bits per heavy atom. The smallest absolute Gasteiger partial charge is 0.244 e. The number of sulfonamides is 1. The zero-order valence-corrected chi connectivity index (χ0v) is 22.0. The molecular formula is C25H33N3O7S. The Morgan fingerprint density at radius 3 is 2.50 bits per heavy atom. The molecule has 2 amide bonds. The third-order valence-corrected chi connectivity index (χ3v) is 7.12. The molecule has 2 aromatic carbocycles. The second-order valence-electron chi connectivity index (χ2n) is 8.67. The molecule has 0 radical (unpaired) electrons. The molecule has 0 unspecified atom stereocenters. The molecule has 3 rings (SSSR count). The Kier molecular flexibility index (Phi) is 8.67. The highest BCUT2D eigenvalue weighted by atomic mass is 32.2. The van der Waals surface area contributed by atoms with E-state index in [1.807, 2.05) is 19.9 Å². The Balaban J connectivity index is 1.92. The van der Waals surface area contributed by atoms with Gasteiger partial charge in [-0.3, -0.25) is 13.9 Å². The van der Waals surface area contributed by atoms with E-state index in [4.69, 9.17) is 14.2 Å². The number of nitrogens with zero attached hydrogens (tertiary/aromatic N) is 2. The van der Waals surface area contributed by atoms with Crippen molar-refractivity contribution in [1.29, 1.82) is 0 Å². The van der Waals surface area contributed by atoms with Crippen LogP contribution in [0, 0.1) is 0 Å². The van der Waals surface area contributed by atoms with Gasteiger partial charge in [0, 0.05) is 18.7 Å². The fourth-order valence-electron chi connectivity index (χ4n) is 3.67.